The second-order valence-electron chi connectivity index (χ2n) is 6.53. The number of thiazole rings is 1. The van der Waals surface area contributed by atoms with Crippen molar-refractivity contribution >= 4 is 31.4 Å². The molecular weight excluding hydrogens is 284 g/mol. The zero-order valence-corrected chi connectivity index (χ0v) is 15.6. The Morgan fingerprint density at radius 3 is 2.30 bits per heavy atom. The SMILES string of the molecule is CC(C)C([SiH2]On1ccc2scnc21)(C(C)C)C(C)C. The van der Waals surface area contributed by atoms with Crippen molar-refractivity contribution in [3.8, 4) is 0 Å². The van der Waals surface area contributed by atoms with Gasteiger partial charge < -0.3 is 4.53 Å². The van der Waals surface area contributed by atoms with Crippen LogP contribution in [0.2, 0.25) is 5.04 Å². The molecule has 3 nitrogen and oxygen atoms in total. The average Bonchev–Trinajstić information content (AvgIpc) is 2.92. The van der Waals surface area contributed by atoms with Crippen LogP contribution in [-0.4, -0.2) is 19.5 Å². The van der Waals surface area contributed by atoms with E-state index in [0.29, 0.717) is 22.8 Å². The molecule has 0 aromatic carbocycles. The predicted octanol–water partition coefficient (Wildman–Crippen LogP) is 3.74. The molecule has 0 aliphatic heterocycles. The zero-order valence-electron chi connectivity index (χ0n) is 13.4. The first-order chi connectivity index (χ1) is 9.39. The number of aromatic nitrogens is 2. The molecule has 0 saturated heterocycles. The van der Waals surface area contributed by atoms with Gasteiger partial charge in [-0.25, -0.2) is 4.98 Å². The van der Waals surface area contributed by atoms with Crippen molar-refractivity contribution in [1.29, 1.82) is 0 Å². The van der Waals surface area contributed by atoms with E-state index in [1.54, 1.807) is 11.3 Å². The molecule has 0 radical (unpaired) electrons. The Labute approximate surface area is 128 Å². The van der Waals surface area contributed by atoms with Gasteiger partial charge in [0.15, 0.2) is 5.65 Å². The first-order valence-corrected chi connectivity index (χ1v) is 9.59. The van der Waals surface area contributed by atoms with Crippen LogP contribution in [0.15, 0.2) is 17.8 Å². The zero-order chi connectivity index (χ0) is 14.9. The molecule has 0 aliphatic rings. The fourth-order valence-corrected chi connectivity index (χ4v) is 5.74. The molecule has 0 atom stereocenters. The minimum atomic E-state index is -0.732. The Hall–Kier alpha value is -0.813. The first-order valence-electron chi connectivity index (χ1n) is 7.43. The highest BCUT2D eigenvalue weighted by Gasteiger charge is 2.42. The monoisotopic (exact) mass is 310 g/mol. The van der Waals surface area contributed by atoms with Gasteiger partial charge in [0.05, 0.1) is 10.2 Å². The molecule has 0 spiro atoms. The summed E-state index contributed by atoms with van der Waals surface area (Å²) in [5.74, 6) is 1.90. The Morgan fingerprint density at radius 2 is 1.75 bits per heavy atom. The third-order valence-electron chi connectivity index (χ3n) is 4.82. The van der Waals surface area contributed by atoms with Gasteiger partial charge in [0.25, 0.3) is 9.76 Å². The standard InChI is InChI=1S/C15H26N2OSSi/c1-10(2)15(11(3)4,12(5)6)20-18-17-8-7-13-14(17)16-9-19-13/h7-12H,20H2,1-6H3. The molecule has 0 unspecified atom stereocenters. The van der Waals surface area contributed by atoms with Crippen LogP contribution >= 0.6 is 11.3 Å². The largest absolute Gasteiger partial charge is 0.475 e. The number of rotatable bonds is 6. The lowest BCUT2D eigenvalue weighted by molar-refractivity contribution is 0.186. The summed E-state index contributed by atoms with van der Waals surface area (Å²) in [4.78, 5) is 4.39. The lowest BCUT2D eigenvalue weighted by atomic mass is 9.76. The van der Waals surface area contributed by atoms with E-state index in [2.05, 4.69) is 52.6 Å². The van der Waals surface area contributed by atoms with Gasteiger partial charge in [-0.15, -0.1) is 11.3 Å². The molecule has 2 heterocycles. The number of hydrogen-bond donors (Lipinski definition) is 0. The second kappa shape index (κ2) is 5.90. The maximum absolute atomic E-state index is 6.27. The van der Waals surface area contributed by atoms with Gasteiger partial charge in [-0.05, 0) is 23.8 Å². The molecule has 20 heavy (non-hydrogen) atoms. The van der Waals surface area contributed by atoms with Crippen molar-refractivity contribution in [1.82, 2.24) is 9.71 Å². The van der Waals surface area contributed by atoms with E-state index in [1.807, 2.05) is 16.4 Å². The maximum Gasteiger partial charge on any atom is 0.262 e. The molecule has 0 saturated carbocycles. The average molecular weight is 311 g/mol. The van der Waals surface area contributed by atoms with Gasteiger partial charge in [-0.2, -0.15) is 4.73 Å². The maximum atomic E-state index is 6.27. The molecule has 112 valence electrons. The van der Waals surface area contributed by atoms with Crippen molar-refractivity contribution in [3.63, 3.8) is 0 Å². The van der Waals surface area contributed by atoms with Gasteiger partial charge in [0.1, 0.15) is 0 Å². The lowest BCUT2D eigenvalue weighted by Gasteiger charge is -2.44. The van der Waals surface area contributed by atoms with Crippen LogP contribution in [0.1, 0.15) is 41.5 Å². The van der Waals surface area contributed by atoms with Gasteiger partial charge in [-0.1, -0.05) is 41.5 Å². The molecule has 0 aliphatic carbocycles. The summed E-state index contributed by atoms with van der Waals surface area (Å²) in [6.07, 6.45) is 2.01. The van der Waals surface area contributed by atoms with Crippen LogP contribution in [0.3, 0.4) is 0 Å². The lowest BCUT2D eigenvalue weighted by Crippen LogP contribution is -2.41. The highest BCUT2D eigenvalue weighted by atomic mass is 32.1. The van der Waals surface area contributed by atoms with Crippen molar-refractivity contribution in [2.24, 2.45) is 17.8 Å². The van der Waals surface area contributed by atoms with Crippen LogP contribution in [0.4, 0.5) is 0 Å². The summed E-state index contributed by atoms with van der Waals surface area (Å²) in [5, 5.41) is 0.312. The highest BCUT2D eigenvalue weighted by molar-refractivity contribution is 7.16. The normalized spacial score (nSPS) is 13.7. The second-order valence-corrected chi connectivity index (χ2v) is 9.19. The van der Waals surface area contributed by atoms with Gasteiger partial charge in [-0.3, -0.25) is 0 Å². The van der Waals surface area contributed by atoms with Crippen molar-refractivity contribution < 1.29 is 4.53 Å². The third-order valence-corrected chi connectivity index (χ3v) is 8.96. The summed E-state index contributed by atoms with van der Waals surface area (Å²) in [6, 6.07) is 2.09. The van der Waals surface area contributed by atoms with E-state index < -0.39 is 9.76 Å². The number of nitrogens with zero attached hydrogens (tertiary/aromatic N) is 2. The molecular formula is C15H26N2OSSi. The Bertz CT molecular complexity index is 537. The van der Waals surface area contributed by atoms with E-state index in [4.69, 9.17) is 4.53 Å². The smallest absolute Gasteiger partial charge is 0.262 e. The van der Waals surface area contributed by atoms with E-state index in [0.717, 1.165) is 5.65 Å². The van der Waals surface area contributed by atoms with E-state index in [9.17, 15) is 0 Å². The van der Waals surface area contributed by atoms with Crippen molar-refractivity contribution in [3.05, 3.63) is 17.8 Å². The molecule has 5 heteroatoms. The highest BCUT2D eigenvalue weighted by Crippen LogP contribution is 2.48. The minimum Gasteiger partial charge on any atom is -0.475 e. The van der Waals surface area contributed by atoms with Crippen LogP contribution in [0.25, 0.3) is 10.3 Å². The molecule has 0 N–H and O–H groups in total. The first kappa shape index (κ1) is 15.6. The van der Waals surface area contributed by atoms with Crippen molar-refractivity contribution in [2.75, 3.05) is 0 Å². The van der Waals surface area contributed by atoms with Crippen LogP contribution in [0.5, 0.6) is 0 Å². The summed E-state index contributed by atoms with van der Waals surface area (Å²) >= 11 is 1.66. The predicted molar refractivity (Wildman–Crippen MR) is 89.9 cm³/mol. The fourth-order valence-electron chi connectivity index (χ4n) is 3.52. The molecule has 2 rings (SSSR count). The third kappa shape index (κ3) is 2.53. The summed E-state index contributed by atoms with van der Waals surface area (Å²) in [6.45, 7) is 14.0. The van der Waals surface area contributed by atoms with Crippen molar-refractivity contribution in [2.45, 2.75) is 46.6 Å². The van der Waals surface area contributed by atoms with E-state index in [1.165, 1.54) is 4.70 Å². The van der Waals surface area contributed by atoms with Gasteiger partial charge in [0.2, 0.25) is 0 Å². The van der Waals surface area contributed by atoms with E-state index in [-0.39, 0.29) is 0 Å². The molecule has 0 fully saturated rings. The summed E-state index contributed by atoms with van der Waals surface area (Å²) in [7, 11) is -0.732. The fraction of sp³-hybridized carbons (Fsp3) is 0.667. The topological polar surface area (TPSA) is 27.1 Å². The molecule has 0 bridgehead atoms. The summed E-state index contributed by atoms with van der Waals surface area (Å²) in [5.41, 5.74) is 2.85. The molecule has 2 aromatic heterocycles. The molecule has 0 amide bonds. The van der Waals surface area contributed by atoms with Crippen LogP contribution in [0, 0.1) is 17.8 Å². The van der Waals surface area contributed by atoms with E-state index >= 15 is 0 Å². The molecule has 2 aromatic rings. The Morgan fingerprint density at radius 1 is 1.15 bits per heavy atom. The Balaban J connectivity index is 2.23. The summed E-state index contributed by atoms with van der Waals surface area (Å²) < 4.78 is 9.35. The number of fused-ring (bicyclic) bond motifs is 1. The Kier molecular flexibility index (Phi) is 4.59. The van der Waals surface area contributed by atoms with Crippen LogP contribution < -0.4 is 4.53 Å². The van der Waals surface area contributed by atoms with Gasteiger partial charge in [0, 0.05) is 11.2 Å². The minimum absolute atomic E-state index is 0.312. The van der Waals surface area contributed by atoms with Gasteiger partial charge >= 0.3 is 0 Å². The quantitative estimate of drug-likeness (QED) is 0.760. The van der Waals surface area contributed by atoms with Crippen LogP contribution in [-0.2, 0) is 0 Å². The number of hydrogen-bond acceptors (Lipinski definition) is 3.